The molecule has 2 heterocycles. The summed E-state index contributed by atoms with van der Waals surface area (Å²) in [4.78, 5) is 43.7. The van der Waals surface area contributed by atoms with E-state index >= 15 is 0 Å². The van der Waals surface area contributed by atoms with Crippen LogP contribution in [0.25, 0.3) is 0 Å². The second-order valence-electron chi connectivity index (χ2n) is 7.85. The molecule has 4 rings (SSSR count). The molecule has 8 heteroatoms. The van der Waals surface area contributed by atoms with Crippen LogP contribution in [-0.4, -0.2) is 45.1 Å². The molecule has 1 atom stereocenters. The van der Waals surface area contributed by atoms with Gasteiger partial charge in [0.25, 0.3) is 5.91 Å². The van der Waals surface area contributed by atoms with Gasteiger partial charge in [-0.2, -0.15) is 0 Å². The number of aryl methyl sites for hydroxylation is 1. The van der Waals surface area contributed by atoms with Crippen LogP contribution in [0, 0.1) is 11.7 Å². The van der Waals surface area contributed by atoms with Gasteiger partial charge in [0, 0.05) is 49.3 Å². The van der Waals surface area contributed by atoms with Crippen molar-refractivity contribution in [3.8, 4) is 0 Å². The van der Waals surface area contributed by atoms with Gasteiger partial charge in [0.05, 0.1) is 5.92 Å². The molecule has 1 aliphatic heterocycles. The van der Waals surface area contributed by atoms with E-state index in [0.717, 1.165) is 0 Å². The van der Waals surface area contributed by atoms with E-state index in [1.54, 1.807) is 53.2 Å². The molecular weight excluding hydrogens is 411 g/mol. The second-order valence-corrected chi connectivity index (χ2v) is 7.85. The van der Waals surface area contributed by atoms with Crippen molar-refractivity contribution in [1.29, 1.82) is 0 Å². The van der Waals surface area contributed by atoms with E-state index in [9.17, 15) is 18.8 Å². The Hall–Kier alpha value is -3.81. The molecule has 1 aromatic heterocycles. The summed E-state index contributed by atoms with van der Waals surface area (Å²) < 4.78 is 14.8. The Bertz CT molecular complexity index is 1140. The Morgan fingerprint density at radius 3 is 2.38 bits per heavy atom. The van der Waals surface area contributed by atoms with E-state index in [-0.39, 0.29) is 23.5 Å². The predicted octanol–water partition coefficient (Wildman–Crippen LogP) is 3.28. The first-order valence-electron chi connectivity index (χ1n) is 10.4. The van der Waals surface area contributed by atoms with Crippen LogP contribution >= 0.6 is 0 Å². The van der Waals surface area contributed by atoms with Crippen LogP contribution in [0.4, 0.5) is 10.1 Å². The van der Waals surface area contributed by atoms with Crippen molar-refractivity contribution in [3.63, 3.8) is 0 Å². The molecule has 0 radical (unpaired) electrons. The van der Waals surface area contributed by atoms with E-state index < -0.39 is 5.82 Å². The highest BCUT2D eigenvalue weighted by atomic mass is 19.1. The van der Waals surface area contributed by atoms with Gasteiger partial charge in [-0.1, -0.05) is 0 Å². The quantitative estimate of drug-likeness (QED) is 0.625. The van der Waals surface area contributed by atoms with Crippen LogP contribution in [0.5, 0.6) is 0 Å². The minimum Gasteiger partial charge on any atom is -0.338 e. The van der Waals surface area contributed by atoms with Crippen molar-refractivity contribution in [3.05, 3.63) is 83.7 Å². The maximum Gasteiger partial charge on any atom is 0.253 e. The zero-order valence-corrected chi connectivity index (χ0v) is 17.6. The third-order valence-corrected chi connectivity index (χ3v) is 5.61. The van der Waals surface area contributed by atoms with Gasteiger partial charge in [-0.15, -0.1) is 0 Å². The lowest BCUT2D eigenvalue weighted by atomic mass is 9.96. The molecule has 1 fully saturated rings. The summed E-state index contributed by atoms with van der Waals surface area (Å²) in [5, 5.41) is 2.87. The Kier molecular flexibility index (Phi) is 6.11. The Labute approximate surface area is 184 Å². The van der Waals surface area contributed by atoms with Crippen molar-refractivity contribution in [1.82, 2.24) is 14.5 Å². The topological polar surface area (TPSA) is 84.3 Å². The Balaban J connectivity index is 1.38. The molecule has 1 unspecified atom stereocenters. The fourth-order valence-corrected chi connectivity index (χ4v) is 3.81. The minimum absolute atomic E-state index is 0.176. The van der Waals surface area contributed by atoms with Crippen LogP contribution in [0.2, 0.25) is 0 Å². The van der Waals surface area contributed by atoms with Gasteiger partial charge < -0.3 is 14.8 Å². The highest BCUT2D eigenvalue weighted by Gasteiger charge is 2.29. The number of hydrogen-bond donors (Lipinski definition) is 1. The first-order valence-corrected chi connectivity index (χ1v) is 10.4. The predicted molar refractivity (Wildman–Crippen MR) is 117 cm³/mol. The summed E-state index contributed by atoms with van der Waals surface area (Å²) >= 11 is 0. The molecule has 164 valence electrons. The standard InChI is InChI=1S/C24H23FN4O3/c1-28-14-12-26-22(28)21(30)16-6-10-20(11-7-16)27-23(31)18-3-2-13-29(15-18)24(32)17-4-8-19(25)9-5-17/h4-12,14,18H,2-3,13,15H2,1H3,(H,27,31). The average Bonchev–Trinajstić information content (AvgIpc) is 3.25. The number of nitrogens with zero attached hydrogens (tertiary/aromatic N) is 3. The smallest absolute Gasteiger partial charge is 0.253 e. The fourth-order valence-electron chi connectivity index (χ4n) is 3.81. The number of hydrogen-bond acceptors (Lipinski definition) is 4. The Morgan fingerprint density at radius 2 is 1.72 bits per heavy atom. The summed E-state index contributed by atoms with van der Waals surface area (Å²) in [6.07, 6.45) is 4.66. The average molecular weight is 434 g/mol. The number of nitrogens with one attached hydrogen (secondary N) is 1. The third kappa shape index (κ3) is 4.59. The number of carbonyl (C=O) groups excluding carboxylic acids is 3. The fraction of sp³-hybridized carbons (Fsp3) is 0.250. The van der Waals surface area contributed by atoms with Gasteiger partial charge in [0.2, 0.25) is 11.7 Å². The molecule has 1 saturated heterocycles. The Morgan fingerprint density at radius 1 is 1.03 bits per heavy atom. The SMILES string of the molecule is Cn1ccnc1C(=O)c1ccc(NC(=O)C2CCCN(C(=O)c3ccc(F)cc3)C2)cc1. The van der Waals surface area contributed by atoms with Crippen LogP contribution in [0.3, 0.4) is 0 Å². The summed E-state index contributed by atoms with van der Waals surface area (Å²) in [6, 6.07) is 12.1. The number of imidazole rings is 1. The number of likely N-dealkylation sites (tertiary alicyclic amines) is 1. The maximum atomic E-state index is 13.1. The first-order chi connectivity index (χ1) is 15.4. The lowest BCUT2D eigenvalue weighted by Crippen LogP contribution is -2.43. The zero-order chi connectivity index (χ0) is 22.7. The van der Waals surface area contributed by atoms with Crippen LogP contribution in [-0.2, 0) is 11.8 Å². The molecule has 0 bridgehead atoms. The molecule has 32 heavy (non-hydrogen) atoms. The largest absolute Gasteiger partial charge is 0.338 e. The van der Waals surface area contributed by atoms with Crippen molar-refractivity contribution < 1.29 is 18.8 Å². The van der Waals surface area contributed by atoms with Crippen LogP contribution in [0.15, 0.2) is 60.9 Å². The number of aromatic nitrogens is 2. The number of piperidine rings is 1. The lowest BCUT2D eigenvalue weighted by Gasteiger charge is -2.32. The molecule has 2 amide bonds. The molecule has 7 nitrogen and oxygen atoms in total. The van der Waals surface area contributed by atoms with E-state index in [4.69, 9.17) is 0 Å². The number of ketones is 1. The van der Waals surface area contributed by atoms with Crippen LogP contribution in [0.1, 0.15) is 39.4 Å². The monoisotopic (exact) mass is 434 g/mol. The van der Waals surface area contributed by atoms with Crippen molar-refractivity contribution in [2.75, 3.05) is 18.4 Å². The summed E-state index contributed by atoms with van der Waals surface area (Å²) in [7, 11) is 1.75. The lowest BCUT2D eigenvalue weighted by molar-refractivity contribution is -0.121. The highest BCUT2D eigenvalue weighted by Crippen LogP contribution is 2.21. The van der Waals surface area contributed by atoms with E-state index in [2.05, 4.69) is 10.3 Å². The first kappa shape index (κ1) is 21.4. The number of benzene rings is 2. The van der Waals surface area contributed by atoms with Gasteiger partial charge in [-0.25, -0.2) is 9.37 Å². The van der Waals surface area contributed by atoms with Gasteiger partial charge >= 0.3 is 0 Å². The molecule has 1 N–H and O–H groups in total. The van der Waals surface area contributed by atoms with Gasteiger partial charge in [0.15, 0.2) is 5.82 Å². The molecule has 0 aliphatic carbocycles. The molecule has 1 aliphatic rings. The molecule has 0 spiro atoms. The van der Waals surface area contributed by atoms with Crippen molar-refractivity contribution in [2.24, 2.45) is 13.0 Å². The van der Waals surface area contributed by atoms with Gasteiger partial charge in [-0.05, 0) is 61.4 Å². The van der Waals surface area contributed by atoms with Gasteiger partial charge in [-0.3, -0.25) is 14.4 Å². The van der Waals surface area contributed by atoms with Crippen LogP contribution < -0.4 is 5.32 Å². The third-order valence-electron chi connectivity index (χ3n) is 5.61. The number of carbonyl (C=O) groups is 3. The summed E-state index contributed by atoms with van der Waals surface area (Å²) in [5.41, 5.74) is 1.46. The second kappa shape index (κ2) is 9.13. The molecular formula is C24H23FN4O3. The van der Waals surface area contributed by atoms with Crippen molar-refractivity contribution >= 4 is 23.3 Å². The minimum atomic E-state index is -0.398. The van der Waals surface area contributed by atoms with Crippen molar-refractivity contribution in [2.45, 2.75) is 12.8 Å². The highest BCUT2D eigenvalue weighted by molar-refractivity contribution is 6.07. The number of amides is 2. The zero-order valence-electron chi connectivity index (χ0n) is 17.6. The number of halogens is 1. The van der Waals surface area contributed by atoms with E-state index in [1.165, 1.54) is 24.3 Å². The van der Waals surface area contributed by atoms with E-state index in [0.29, 0.717) is 48.6 Å². The summed E-state index contributed by atoms with van der Waals surface area (Å²) in [6.45, 7) is 0.863. The summed E-state index contributed by atoms with van der Waals surface area (Å²) in [5.74, 6) is -0.982. The van der Waals surface area contributed by atoms with Gasteiger partial charge in [0.1, 0.15) is 5.82 Å². The number of anilines is 1. The molecule has 3 aromatic rings. The normalized spacial score (nSPS) is 15.9. The molecule has 0 saturated carbocycles. The van der Waals surface area contributed by atoms with E-state index in [1.807, 2.05) is 0 Å². The maximum absolute atomic E-state index is 13.1. The number of rotatable bonds is 5. The molecule has 2 aromatic carbocycles.